The number of ketones is 1. The maximum absolute atomic E-state index is 12.7. The predicted molar refractivity (Wildman–Crippen MR) is 133 cm³/mol. The molecule has 0 aliphatic heterocycles. The molecule has 5 rings (SSSR count). The van der Waals surface area contributed by atoms with Crippen LogP contribution in [0.3, 0.4) is 0 Å². The van der Waals surface area contributed by atoms with E-state index < -0.39 is 5.63 Å². The van der Waals surface area contributed by atoms with Crippen molar-refractivity contribution in [1.29, 1.82) is 0 Å². The second-order valence-corrected chi connectivity index (χ2v) is 9.04. The number of hydrogen-bond donors (Lipinski definition) is 0. The van der Waals surface area contributed by atoms with Crippen LogP contribution >= 0.6 is 27.3 Å². The van der Waals surface area contributed by atoms with Gasteiger partial charge in [-0.1, -0.05) is 58.4 Å². The molecule has 0 amide bonds. The van der Waals surface area contributed by atoms with E-state index in [9.17, 15) is 9.59 Å². The Balaban J connectivity index is 1.37. The van der Waals surface area contributed by atoms with Crippen LogP contribution in [0, 0.1) is 0 Å². The number of ether oxygens (including phenoxy) is 1. The average molecular weight is 518 g/mol. The number of halogens is 1. The van der Waals surface area contributed by atoms with Crippen LogP contribution in [0.1, 0.15) is 10.4 Å². The number of aromatic nitrogens is 1. The Morgan fingerprint density at radius 3 is 2.58 bits per heavy atom. The van der Waals surface area contributed by atoms with Gasteiger partial charge in [0.05, 0.1) is 11.3 Å². The zero-order valence-corrected chi connectivity index (χ0v) is 19.6. The minimum atomic E-state index is -0.473. The molecule has 0 spiro atoms. The summed E-state index contributed by atoms with van der Waals surface area (Å²) in [6.45, 7) is -0.114. The highest BCUT2D eigenvalue weighted by Gasteiger charge is 2.14. The smallest absolute Gasteiger partial charge is 0.346 e. The molecule has 0 fully saturated rings. The number of nitrogens with zero attached hydrogens (tertiary/aromatic N) is 1. The lowest BCUT2D eigenvalue weighted by molar-refractivity contribution is 0.0921. The first-order valence-corrected chi connectivity index (χ1v) is 11.7. The normalized spacial score (nSPS) is 10.9. The maximum atomic E-state index is 12.7. The van der Waals surface area contributed by atoms with Gasteiger partial charge in [-0.25, -0.2) is 9.78 Å². The lowest BCUT2D eigenvalue weighted by Gasteiger charge is -2.07. The highest BCUT2D eigenvalue weighted by molar-refractivity contribution is 9.10. The van der Waals surface area contributed by atoms with Crippen molar-refractivity contribution in [2.24, 2.45) is 0 Å². The average Bonchev–Trinajstić information content (AvgIpc) is 3.33. The minimum Gasteiger partial charge on any atom is -0.485 e. The second-order valence-electron chi connectivity index (χ2n) is 7.27. The third-order valence-corrected chi connectivity index (χ3v) is 6.45. The molecule has 5 nitrogen and oxygen atoms in total. The summed E-state index contributed by atoms with van der Waals surface area (Å²) in [6.07, 6.45) is 0. The fourth-order valence-corrected chi connectivity index (χ4v) is 4.43. The Labute approximate surface area is 201 Å². The van der Waals surface area contributed by atoms with Crippen LogP contribution in [-0.4, -0.2) is 17.4 Å². The monoisotopic (exact) mass is 517 g/mol. The molecule has 2 heterocycles. The SMILES string of the molecule is O=C(COc1ccc2cc(-c3nc(-c4ccccc4)cs3)c(=O)oc2c1)c1ccc(Br)cc1. The Bertz CT molecular complexity index is 1510. The largest absolute Gasteiger partial charge is 0.485 e. The van der Waals surface area contributed by atoms with E-state index in [0.29, 0.717) is 27.5 Å². The van der Waals surface area contributed by atoms with Gasteiger partial charge in [0.2, 0.25) is 0 Å². The van der Waals surface area contributed by atoms with Gasteiger partial charge >= 0.3 is 5.63 Å². The van der Waals surface area contributed by atoms with Crippen LogP contribution in [0.4, 0.5) is 0 Å². The van der Waals surface area contributed by atoms with E-state index >= 15 is 0 Å². The van der Waals surface area contributed by atoms with Gasteiger partial charge in [-0.05, 0) is 30.3 Å². The first-order valence-electron chi connectivity index (χ1n) is 10.1. The van der Waals surface area contributed by atoms with Crippen LogP contribution in [0.2, 0.25) is 0 Å². The van der Waals surface area contributed by atoms with Crippen molar-refractivity contribution in [3.63, 3.8) is 0 Å². The first kappa shape index (κ1) is 21.3. The molecular formula is C26H16BrNO4S. The fraction of sp³-hybridized carbons (Fsp3) is 0.0385. The number of benzene rings is 3. The quantitative estimate of drug-likeness (QED) is 0.187. The van der Waals surface area contributed by atoms with E-state index in [4.69, 9.17) is 9.15 Å². The van der Waals surface area contributed by atoms with Gasteiger partial charge < -0.3 is 9.15 Å². The second kappa shape index (κ2) is 9.13. The molecule has 0 bridgehead atoms. The third-order valence-electron chi connectivity index (χ3n) is 5.05. The van der Waals surface area contributed by atoms with Gasteiger partial charge in [-0.15, -0.1) is 11.3 Å². The van der Waals surface area contributed by atoms with Gasteiger partial charge in [0.25, 0.3) is 0 Å². The summed E-state index contributed by atoms with van der Waals surface area (Å²) in [5.41, 5.74) is 2.69. The van der Waals surface area contributed by atoms with Crippen LogP contribution in [0.5, 0.6) is 5.75 Å². The summed E-state index contributed by atoms with van der Waals surface area (Å²) < 4.78 is 12.1. The van der Waals surface area contributed by atoms with Gasteiger partial charge in [-0.2, -0.15) is 0 Å². The predicted octanol–water partition coefficient (Wildman–Crippen LogP) is 6.61. The zero-order valence-electron chi connectivity index (χ0n) is 17.2. The summed E-state index contributed by atoms with van der Waals surface area (Å²) in [5, 5.41) is 3.27. The molecule has 0 unspecified atom stereocenters. The van der Waals surface area contributed by atoms with Crippen LogP contribution in [0.15, 0.2) is 97.9 Å². The van der Waals surface area contributed by atoms with E-state index in [1.165, 1.54) is 11.3 Å². The van der Waals surface area contributed by atoms with Gasteiger partial charge in [0.15, 0.2) is 12.4 Å². The number of hydrogen-bond acceptors (Lipinski definition) is 6. The first-order chi connectivity index (χ1) is 16.1. The topological polar surface area (TPSA) is 69.4 Å². The van der Waals surface area contributed by atoms with E-state index in [-0.39, 0.29) is 12.4 Å². The molecule has 5 aromatic rings. The molecule has 0 saturated heterocycles. The molecule has 0 aliphatic carbocycles. The van der Waals surface area contributed by atoms with Crippen molar-refractivity contribution in [2.45, 2.75) is 0 Å². The number of Topliss-reactive ketones (excluding diaryl/α,β-unsaturated/α-hetero) is 1. The standard InChI is InChI=1S/C26H16BrNO4S/c27-19-9-6-17(7-10-19)23(29)14-31-20-11-8-18-12-21(26(30)32-24(18)13-20)25-28-22(15-33-25)16-4-2-1-3-5-16/h1-13,15H,14H2. The Morgan fingerprint density at radius 2 is 1.79 bits per heavy atom. The summed E-state index contributed by atoms with van der Waals surface area (Å²) in [5.74, 6) is 0.307. The zero-order chi connectivity index (χ0) is 22.8. The Morgan fingerprint density at radius 1 is 1.00 bits per heavy atom. The minimum absolute atomic E-state index is 0.114. The Hall–Kier alpha value is -3.55. The molecule has 0 radical (unpaired) electrons. The van der Waals surface area contributed by atoms with Crippen LogP contribution in [0.25, 0.3) is 32.8 Å². The third kappa shape index (κ3) is 4.65. The van der Waals surface area contributed by atoms with Gasteiger partial charge in [-0.3, -0.25) is 4.79 Å². The molecule has 3 aromatic carbocycles. The molecule has 2 aromatic heterocycles. The lowest BCUT2D eigenvalue weighted by Crippen LogP contribution is -2.11. The number of rotatable bonds is 6. The summed E-state index contributed by atoms with van der Waals surface area (Å²) in [6, 6.07) is 23.8. The molecule has 0 saturated carbocycles. The van der Waals surface area contributed by atoms with Crippen LogP contribution in [-0.2, 0) is 0 Å². The molecular weight excluding hydrogens is 502 g/mol. The van der Waals surface area contributed by atoms with Crippen molar-refractivity contribution < 1.29 is 13.9 Å². The fourth-order valence-electron chi connectivity index (χ4n) is 3.34. The van der Waals surface area contributed by atoms with Crippen molar-refractivity contribution in [2.75, 3.05) is 6.61 Å². The lowest BCUT2D eigenvalue weighted by atomic mass is 10.1. The number of fused-ring (bicyclic) bond motifs is 1. The summed E-state index contributed by atoms with van der Waals surface area (Å²) in [7, 11) is 0. The molecule has 7 heteroatoms. The molecule has 0 N–H and O–H groups in total. The molecule has 0 aliphatic rings. The van der Waals surface area contributed by atoms with Crippen LogP contribution < -0.4 is 10.4 Å². The number of carbonyl (C=O) groups excluding carboxylic acids is 1. The van der Waals surface area contributed by atoms with Gasteiger partial charge in [0, 0.05) is 32.4 Å². The van der Waals surface area contributed by atoms with E-state index in [1.54, 1.807) is 48.5 Å². The summed E-state index contributed by atoms with van der Waals surface area (Å²) >= 11 is 4.75. The van der Waals surface area contributed by atoms with Crippen molar-refractivity contribution in [1.82, 2.24) is 4.98 Å². The van der Waals surface area contributed by atoms with Crippen molar-refractivity contribution in [3.05, 3.63) is 105 Å². The molecule has 33 heavy (non-hydrogen) atoms. The van der Waals surface area contributed by atoms with E-state index in [0.717, 1.165) is 21.1 Å². The maximum Gasteiger partial charge on any atom is 0.346 e. The summed E-state index contributed by atoms with van der Waals surface area (Å²) in [4.78, 5) is 29.6. The molecule has 162 valence electrons. The van der Waals surface area contributed by atoms with E-state index in [1.807, 2.05) is 35.7 Å². The number of carbonyl (C=O) groups is 1. The van der Waals surface area contributed by atoms with E-state index in [2.05, 4.69) is 20.9 Å². The van der Waals surface area contributed by atoms with Crippen molar-refractivity contribution >= 4 is 44.0 Å². The van der Waals surface area contributed by atoms with Gasteiger partial charge in [0.1, 0.15) is 16.3 Å². The highest BCUT2D eigenvalue weighted by Crippen LogP contribution is 2.29. The highest BCUT2D eigenvalue weighted by atomic mass is 79.9. The van der Waals surface area contributed by atoms with Crippen molar-refractivity contribution in [3.8, 4) is 27.6 Å². The molecule has 0 atom stereocenters. The number of thiazole rings is 1. The Kier molecular flexibility index (Phi) is 5.90.